The minimum Gasteiger partial charge on any atom is -0.495 e. The summed E-state index contributed by atoms with van der Waals surface area (Å²) in [4.78, 5) is 6.96. The Kier molecular flexibility index (Phi) is 2.67. The molecule has 2 fully saturated rings. The molecule has 2 aliphatic heterocycles. The molecule has 2 N–H and O–H groups in total. The number of pyridine rings is 1. The molecule has 1 aromatic heterocycles. The average molecular weight is 233 g/mol. The number of ether oxygens (including phenoxy) is 1. The van der Waals surface area contributed by atoms with Crippen LogP contribution < -0.4 is 15.4 Å². The highest BCUT2D eigenvalue weighted by Gasteiger charge is 2.40. The monoisotopic (exact) mass is 233 g/mol. The second kappa shape index (κ2) is 4.18. The largest absolute Gasteiger partial charge is 0.495 e. The van der Waals surface area contributed by atoms with Gasteiger partial charge in [-0.05, 0) is 37.8 Å². The zero-order chi connectivity index (χ0) is 11.8. The van der Waals surface area contributed by atoms with Crippen LogP contribution in [0.25, 0.3) is 0 Å². The Morgan fingerprint density at radius 2 is 2.00 bits per heavy atom. The molecular formula is C13H19N3O. The molecule has 0 aromatic carbocycles. The van der Waals surface area contributed by atoms with Gasteiger partial charge in [0.25, 0.3) is 0 Å². The Balaban J connectivity index is 1.84. The van der Waals surface area contributed by atoms with Gasteiger partial charge in [0.1, 0.15) is 11.6 Å². The maximum absolute atomic E-state index is 6.07. The second-order valence-electron chi connectivity index (χ2n) is 5.08. The van der Waals surface area contributed by atoms with Crippen LogP contribution >= 0.6 is 0 Å². The van der Waals surface area contributed by atoms with E-state index in [-0.39, 0.29) is 0 Å². The van der Waals surface area contributed by atoms with Gasteiger partial charge < -0.3 is 15.4 Å². The van der Waals surface area contributed by atoms with Crippen molar-refractivity contribution in [1.82, 2.24) is 4.98 Å². The molecule has 4 nitrogen and oxygen atoms in total. The van der Waals surface area contributed by atoms with Gasteiger partial charge in [0.05, 0.1) is 13.3 Å². The van der Waals surface area contributed by atoms with Crippen molar-refractivity contribution in [3.63, 3.8) is 0 Å². The molecular weight excluding hydrogens is 214 g/mol. The van der Waals surface area contributed by atoms with Crippen molar-refractivity contribution in [3.05, 3.63) is 18.3 Å². The van der Waals surface area contributed by atoms with E-state index in [0.29, 0.717) is 18.1 Å². The van der Waals surface area contributed by atoms with Crippen molar-refractivity contribution in [3.8, 4) is 5.75 Å². The van der Waals surface area contributed by atoms with Crippen molar-refractivity contribution < 1.29 is 4.74 Å². The van der Waals surface area contributed by atoms with Crippen LogP contribution in [-0.2, 0) is 0 Å². The van der Waals surface area contributed by atoms with E-state index in [9.17, 15) is 0 Å². The number of nitrogens with zero attached hydrogens (tertiary/aromatic N) is 2. The Morgan fingerprint density at radius 1 is 1.29 bits per heavy atom. The van der Waals surface area contributed by atoms with Crippen molar-refractivity contribution in [2.75, 3.05) is 12.0 Å². The topological polar surface area (TPSA) is 51.4 Å². The normalized spacial score (nSPS) is 31.6. The Bertz CT molecular complexity index is 378. The third-order valence-corrected chi connectivity index (χ3v) is 3.99. The summed E-state index contributed by atoms with van der Waals surface area (Å²) in [5.74, 6) is 1.89. The van der Waals surface area contributed by atoms with Gasteiger partial charge in [-0.15, -0.1) is 0 Å². The molecule has 3 rings (SSSR count). The zero-order valence-corrected chi connectivity index (χ0v) is 10.2. The van der Waals surface area contributed by atoms with E-state index in [0.717, 1.165) is 24.4 Å². The van der Waals surface area contributed by atoms with Crippen LogP contribution in [0.4, 0.5) is 5.82 Å². The van der Waals surface area contributed by atoms with Gasteiger partial charge in [-0.3, -0.25) is 0 Å². The van der Waals surface area contributed by atoms with E-state index in [2.05, 4.69) is 16.0 Å². The minimum atomic E-state index is 0.377. The molecule has 0 amide bonds. The quantitative estimate of drug-likeness (QED) is 0.842. The summed E-state index contributed by atoms with van der Waals surface area (Å²) in [5.41, 5.74) is 6.07. The molecule has 0 radical (unpaired) electrons. The average Bonchev–Trinajstić information content (AvgIpc) is 2.62. The fraction of sp³-hybridized carbons (Fsp3) is 0.615. The van der Waals surface area contributed by atoms with E-state index in [1.54, 1.807) is 13.3 Å². The van der Waals surface area contributed by atoms with Gasteiger partial charge in [0.2, 0.25) is 0 Å². The lowest BCUT2D eigenvalue weighted by molar-refractivity contribution is 0.406. The van der Waals surface area contributed by atoms with Crippen molar-refractivity contribution in [2.24, 2.45) is 5.73 Å². The van der Waals surface area contributed by atoms with Crippen LogP contribution in [0.5, 0.6) is 5.75 Å². The molecule has 1 aromatic rings. The highest BCUT2D eigenvalue weighted by molar-refractivity contribution is 5.45. The fourth-order valence-electron chi connectivity index (χ4n) is 3.24. The smallest absolute Gasteiger partial charge is 0.137 e. The maximum atomic E-state index is 6.07. The molecule has 2 unspecified atom stereocenters. The number of fused-ring (bicyclic) bond motifs is 2. The number of nitrogens with two attached hydrogens (primary N) is 1. The lowest BCUT2D eigenvalue weighted by atomic mass is 9.98. The first-order valence-electron chi connectivity index (χ1n) is 6.32. The first-order valence-corrected chi connectivity index (χ1v) is 6.32. The minimum absolute atomic E-state index is 0.377. The van der Waals surface area contributed by atoms with Crippen LogP contribution in [-0.4, -0.2) is 30.2 Å². The third-order valence-electron chi connectivity index (χ3n) is 3.99. The first kappa shape index (κ1) is 10.8. The number of methoxy groups -OCH3 is 1. The zero-order valence-electron chi connectivity index (χ0n) is 10.2. The van der Waals surface area contributed by atoms with Gasteiger partial charge in [-0.1, -0.05) is 0 Å². The van der Waals surface area contributed by atoms with Crippen LogP contribution in [0.2, 0.25) is 0 Å². The Morgan fingerprint density at radius 3 is 2.53 bits per heavy atom. The van der Waals surface area contributed by atoms with Crippen LogP contribution in [0.3, 0.4) is 0 Å². The lowest BCUT2D eigenvalue weighted by Crippen LogP contribution is -2.47. The number of rotatable bonds is 2. The number of hydrogen-bond donors (Lipinski definition) is 1. The summed E-state index contributed by atoms with van der Waals surface area (Å²) in [6.07, 6.45) is 6.51. The molecule has 92 valence electrons. The van der Waals surface area contributed by atoms with E-state index >= 15 is 0 Å². The van der Waals surface area contributed by atoms with Gasteiger partial charge >= 0.3 is 0 Å². The van der Waals surface area contributed by atoms with Gasteiger partial charge in [0.15, 0.2) is 0 Å². The maximum Gasteiger partial charge on any atom is 0.137 e. The van der Waals surface area contributed by atoms with E-state index in [4.69, 9.17) is 10.5 Å². The third kappa shape index (κ3) is 1.86. The summed E-state index contributed by atoms with van der Waals surface area (Å²) >= 11 is 0. The van der Waals surface area contributed by atoms with Crippen molar-refractivity contribution >= 4 is 5.82 Å². The first-order chi connectivity index (χ1) is 8.28. The number of piperidine rings is 1. The second-order valence-corrected chi connectivity index (χ2v) is 5.08. The van der Waals surface area contributed by atoms with Gasteiger partial charge in [-0.2, -0.15) is 0 Å². The van der Waals surface area contributed by atoms with Gasteiger partial charge in [0, 0.05) is 18.1 Å². The number of anilines is 1. The lowest BCUT2D eigenvalue weighted by Gasteiger charge is -2.38. The molecule has 17 heavy (non-hydrogen) atoms. The van der Waals surface area contributed by atoms with E-state index in [1.807, 2.05) is 6.07 Å². The summed E-state index contributed by atoms with van der Waals surface area (Å²) < 4.78 is 5.14. The molecule has 4 heteroatoms. The molecule has 2 bridgehead atoms. The number of aromatic nitrogens is 1. The standard InChI is InChI=1S/C13H19N3O/c1-17-12-4-5-13(15-8-12)16-10-2-3-11(16)7-9(14)6-10/h4-5,8-11H,2-3,6-7,14H2,1H3. The molecule has 2 aliphatic rings. The molecule has 2 saturated heterocycles. The van der Waals surface area contributed by atoms with E-state index < -0.39 is 0 Å². The molecule has 0 aliphatic carbocycles. The highest BCUT2D eigenvalue weighted by Crippen LogP contribution is 2.38. The predicted octanol–water partition coefficient (Wildman–Crippen LogP) is 1.55. The van der Waals surface area contributed by atoms with Crippen LogP contribution in [0, 0.1) is 0 Å². The van der Waals surface area contributed by atoms with E-state index in [1.165, 1.54) is 12.8 Å². The number of hydrogen-bond acceptors (Lipinski definition) is 4. The SMILES string of the molecule is COc1ccc(N2C3CCC2CC(N)C3)nc1. The molecule has 2 atom stereocenters. The Hall–Kier alpha value is -1.29. The summed E-state index contributed by atoms with van der Waals surface area (Å²) in [7, 11) is 1.67. The van der Waals surface area contributed by atoms with Crippen LogP contribution in [0.1, 0.15) is 25.7 Å². The highest BCUT2D eigenvalue weighted by atomic mass is 16.5. The molecule has 3 heterocycles. The summed E-state index contributed by atoms with van der Waals surface area (Å²) in [6.45, 7) is 0. The molecule has 0 spiro atoms. The fourth-order valence-corrected chi connectivity index (χ4v) is 3.24. The molecule has 0 saturated carbocycles. The van der Waals surface area contributed by atoms with Crippen LogP contribution in [0.15, 0.2) is 18.3 Å². The predicted molar refractivity (Wildman–Crippen MR) is 67.3 cm³/mol. The Labute approximate surface area is 102 Å². The van der Waals surface area contributed by atoms with Crippen molar-refractivity contribution in [2.45, 2.75) is 43.8 Å². The van der Waals surface area contributed by atoms with Gasteiger partial charge in [-0.25, -0.2) is 4.98 Å². The van der Waals surface area contributed by atoms with Crippen molar-refractivity contribution in [1.29, 1.82) is 0 Å². The summed E-state index contributed by atoms with van der Waals surface area (Å²) in [6, 6.07) is 5.59. The summed E-state index contributed by atoms with van der Waals surface area (Å²) in [5, 5.41) is 0.